The molecule has 0 aromatic carbocycles. The smallest absolute Gasteiger partial charge is 0.337 e. The largest absolute Gasteiger partial charge is 0.456 e. The summed E-state index contributed by atoms with van der Waals surface area (Å²) in [6.07, 6.45) is 2.21. The van der Waals surface area contributed by atoms with Crippen molar-refractivity contribution in [2.24, 2.45) is 23.5 Å². The fraction of sp³-hybridized carbons (Fsp3) is 0.880. The van der Waals surface area contributed by atoms with Gasteiger partial charge in [0.2, 0.25) is 5.79 Å². The summed E-state index contributed by atoms with van der Waals surface area (Å²) < 4.78 is 30.5. The van der Waals surface area contributed by atoms with E-state index < -0.39 is 29.8 Å². The molecule has 3 unspecified atom stereocenters. The molecule has 0 aromatic rings. The molecule has 0 amide bonds. The SMILES string of the molecule is CO[C@](C)(C[C@@H](C)CN)[C@H](O[C@@H]1OC(C)CC(N(C)C)C1C)[C@@H](C)C1=CC(=O)OC(C)(C)O1. The summed E-state index contributed by atoms with van der Waals surface area (Å²) in [6.45, 7) is 14.4. The van der Waals surface area contributed by atoms with Gasteiger partial charge in [0.05, 0.1) is 23.9 Å². The molecule has 0 radical (unpaired) electrons. The van der Waals surface area contributed by atoms with E-state index in [4.69, 9.17) is 29.4 Å². The molecule has 8 heteroatoms. The first kappa shape index (κ1) is 28.1. The van der Waals surface area contributed by atoms with Crippen LogP contribution in [0.15, 0.2) is 11.8 Å². The third-order valence-corrected chi connectivity index (χ3v) is 7.02. The third kappa shape index (κ3) is 6.92. The quantitative estimate of drug-likeness (QED) is 0.486. The number of hydrogen-bond acceptors (Lipinski definition) is 8. The maximum atomic E-state index is 12.3. The molecule has 2 aliphatic heterocycles. The molecule has 2 heterocycles. The van der Waals surface area contributed by atoms with Crippen molar-refractivity contribution in [2.75, 3.05) is 27.7 Å². The minimum atomic E-state index is -1.05. The first-order valence-electron chi connectivity index (χ1n) is 12.1. The van der Waals surface area contributed by atoms with Gasteiger partial charge in [-0.05, 0) is 53.2 Å². The highest BCUT2D eigenvalue weighted by Gasteiger charge is 2.47. The Kier molecular flexibility index (Phi) is 9.38. The molecule has 0 bridgehead atoms. The van der Waals surface area contributed by atoms with Gasteiger partial charge in [-0.1, -0.05) is 20.8 Å². The van der Waals surface area contributed by atoms with Crippen LogP contribution >= 0.6 is 0 Å². The average molecular weight is 471 g/mol. The average Bonchev–Trinajstić information content (AvgIpc) is 2.71. The highest BCUT2D eigenvalue weighted by Crippen LogP contribution is 2.40. The van der Waals surface area contributed by atoms with Crippen molar-refractivity contribution in [3.63, 3.8) is 0 Å². The van der Waals surface area contributed by atoms with Gasteiger partial charge in [0.15, 0.2) is 6.29 Å². The number of rotatable bonds is 10. The summed E-state index contributed by atoms with van der Waals surface area (Å²) in [7, 11) is 5.87. The molecular weight excluding hydrogens is 424 g/mol. The maximum Gasteiger partial charge on any atom is 0.337 e. The highest BCUT2D eigenvalue weighted by molar-refractivity contribution is 5.83. The van der Waals surface area contributed by atoms with Crippen LogP contribution in [-0.4, -0.2) is 74.5 Å². The minimum Gasteiger partial charge on any atom is -0.456 e. The summed E-state index contributed by atoms with van der Waals surface area (Å²) in [5.41, 5.74) is 5.27. The topological polar surface area (TPSA) is 92.5 Å². The molecule has 192 valence electrons. The Morgan fingerprint density at radius 1 is 1.27 bits per heavy atom. The Labute approximate surface area is 200 Å². The summed E-state index contributed by atoms with van der Waals surface area (Å²) >= 11 is 0. The third-order valence-electron chi connectivity index (χ3n) is 7.02. The zero-order valence-electron chi connectivity index (χ0n) is 22.2. The van der Waals surface area contributed by atoms with Crippen molar-refractivity contribution >= 4 is 5.97 Å². The van der Waals surface area contributed by atoms with Crippen LogP contribution in [-0.2, 0) is 28.5 Å². The van der Waals surface area contributed by atoms with Crippen LogP contribution in [0.2, 0.25) is 0 Å². The van der Waals surface area contributed by atoms with Gasteiger partial charge >= 0.3 is 5.97 Å². The van der Waals surface area contributed by atoms with Crippen molar-refractivity contribution in [2.45, 2.75) is 97.2 Å². The van der Waals surface area contributed by atoms with Crippen LogP contribution in [0.1, 0.15) is 61.3 Å². The van der Waals surface area contributed by atoms with E-state index in [1.165, 1.54) is 6.08 Å². The van der Waals surface area contributed by atoms with Crippen molar-refractivity contribution in [3.05, 3.63) is 11.8 Å². The number of cyclic esters (lactones) is 1. The second kappa shape index (κ2) is 11.0. The Hall–Kier alpha value is -1.19. The molecule has 2 aliphatic rings. The fourth-order valence-corrected chi connectivity index (χ4v) is 5.10. The van der Waals surface area contributed by atoms with Gasteiger partial charge in [0.25, 0.3) is 0 Å². The zero-order valence-corrected chi connectivity index (χ0v) is 22.2. The van der Waals surface area contributed by atoms with Gasteiger partial charge in [0.1, 0.15) is 5.76 Å². The summed E-state index contributed by atoms with van der Waals surface area (Å²) in [6, 6.07) is 0.325. The van der Waals surface area contributed by atoms with Crippen LogP contribution < -0.4 is 5.73 Å². The Morgan fingerprint density at radius 2 is 1.91 bits per heavy atom. The van der Waals surface area contributed by atoms with Gasteiger partial charge in [-0.3, -0.25) is 0 Å². The van der Waals surface area contributed by atoms with Crippen molar-refractivity contribution in [1.82, 2.24) is 4.90 Å². The summed E-state index contributed by atoms with van der Waals surface area (Å²) in [5, 5.41) is 0. The Bertz CT molecular complexity index is 696. The normalized spacial score (nSPS) is 32.2. The van der Waals surface area contributed by atoms with Crippen LogP contribution in [0.5, 0.6) is 0 Å². The molecular formula is C25H46N2O6. The first-order chi connectivity index (χ1) is 15.2. The lowest BCUT2D eigenvalue weighted by molar-refractivity contribution is -0.284. The minimum absolute atomic E-state index is 0.0605. The van der Waals surface area contributed by atoms with E-state index in [0.717, 1.165) is 6.42 Å². The van der Waals surface area contributed by atoms with Gasteiger partial charge in [-0.15, -0.1) is 0 Å². The molecule has 8 atom stereocenters. The van der Waals surface area contributed by atoms with Crippen LogP contribution in [0.4, 0.5) is 0 Å². The number of esters is 1. The second-order valence-electron chi connectivity index (χ2n) is 10.8. The van der Waals surface area contributed by atoms with E-state index in [2.05, 4.69) is 39.8 Å². The van der Waals surface area contributed by atoms with Crippen LogP contribution in [0, 0.1) is 17.8 Å². The van der Waals surface area contributed by atoms with Crippen LogP contribution in [0.25, 0.3) is 0 Å². The zero-order chi connectivity index (χ0) is 25.1. The Morgan fingerprint density at radius 3 is 2.42 bits per heavy atom. The van der Waals surface area contributed by atoms with Gasteiger partial charge in [-0.25, -0.2) is 4.79 Å². The molecule has 1 saturated heterocycles. The van der Waals surface area contributed by atoms with E-state index >= 15 is 0 Å². The molecule has 0 aliphatic carbocycles. The standard InChI is InChI=1S/C25H46N2O6/c1-15(14-26)13-25(7,29-10)22(18(4)20-12-21(28)33-24(5,6)32-20)31-23-17(3)19(27(8)9)11-16(2)30-23/h12,15-19,22-23H,11,13-14,26H2,1-10H3/t15-,16?,17?,18+,19?,22-,23+,25-/m1/s1. The van der Waals surface area contributed by atoms with E-state index in [-0.39, 0.29) is 23.9 Å². The molecule has 2 rings (SSSR count). The molecule has 2 N–H and O–H groups in total. The number of ether oxygens (including phenoxy) is 5. The van der Waals surface area contributed by atoms with Crippen molar-refractivity contribution in [1.29, 1.82) is 0 Å². The number of nitrogens with zero attached hydrogens (tertiary/aromatic N) is 1. The number of hydrogen-bond donors (Lipinski definition) is 1. The number of carbonyl (C=O) groups excluding carboxylic acids is 1. The predicted molar refractivity (Wildman–Crippen MR) is 127 cm³/mol. The van der Waals surface area contributed by atoms with Crippen molar-refractivity contribution in [3.8, 4) is 0 Å². The van der Waals surface area contributed by atoms with Crippen molar-refractivity contribution < 1.29 is 28.5 Å². The molecule has 0 saturated carbocycles. The van der Waals surface area contributed by atoms with E-state index in [9.17, 15) is 4.79 Å². The predicted octanol–water partition coefficient (Wildman–Crippen LogP) is 3.29. The summed E-state index contributed by atoms with van der Waals surface area (Å²) in [4.78, 5) is 14.5. The highest BCUT2D eigenvalue weighted by atomic mass is 16.7. The number of nitrogens with two attached hydrogens (primary N) is 1. The lowest BCUT2D eigenvalue weighted by atomic mass is 9.81. The maximum absolute atomic E-state index is 12.3. The van der Waals surface area contributed by atoms with E-state index in [1.54, 1.807) is 21.0 Å². The van der Waals surface area contributed by atoms with Gasteiger partial charge in [0, 0.05) is 38.8 Å². The Balaban J connectivity index is 2.43. The second-order valence-corrected chi connectivity index (χ2v) is 10.8. The lowest BCUT2D eigenvalue weighted by Gasteiger charge is -2.48. The van der Waals surface area contributed by atoms with E-state index in [1.807, 2.05) is 13.8 Å². The molecule has 0 aromatic heterocycles. The molecule has 1 fully saturated rings. The summed E-state index contributed by atoms with van der Waals surface area (Å²) in [5.74, 6) is -0.892. The van der Waals surface area contributed by atoms with Crippen LogP contribution in [0.3, 0.4) is 0 Å². The monoisotopic (exact) mass is 470 g/mol. The number of methoxy groups -OCH3 is 1. The van der Waals surface area contributed by atoms with Gasteiger partial charge < -0.3 is 34.3 Å². The number of carbonyl (C=O) groups is 1. The molecule has 0 spiro atoms. The molecule has 33 heavy (non-hydrogen) atoms. The first-order valence-corrected chi connectivity index (χ1v) is 12.1. The lowest BCUT2D eigenvalue weighted by Crippen LogP contribution is -2.56. The fourth-order valence-electron chi connectivity index (χ4n) is 5.10. The van der Waals surface area contributed by atoms with E-state index in [0.29, 0.717) is 24.8 Å². The van der Waals surface area contributed by atoms with Gasteiger partial charge in [-0.2, -0.15) is 0 Å². The molecule has 8 nitrogen and oxygen atoms in total.